The van der Waals surface area contributed by atoms with Gasteiger partial charge < -0.3 is 0 Å². The smallest absolute Gasteiger partial charge is 0.252 e. The summed E-state index contributed by atoms with van der Waals surface area (Å²) in [5.41, 5.74) is 0. The van der Waals surface area contributed by atoms with E-state index in [-0.39, 0.29) is 11.8 Å². The number of amides is 2. The maximum atomic E-state index is 11.2. The Morgan fingerprint density at radius 1 is 1.50 bits per heavy atom. The first-order chi connectivity index (χ1) is 5.72. The van der Waals surface area contributed by atoms with E-state index in [1.807, 2.05) is 6.08 Å². The average molecular weight is 167 g/mol. The van der Waals surface area contributed by atoms with E-state index in [0.717, 1.165) is 19.3 Å². The summed E-state index contributed by atoms with van der Waals surface area (Å²) < 4.78 is 0. The fourth-order valence-corrected chi connectivity index (χ4v) is 1.23. The minimum absolute atomic E-state index is 0.161. The van der Waals surface area contributed by atoms with Gasteiger partial charge in [-0.3, -0.25) is 14.5 Å². The Hall–Kier alpha value is -1.12. The molecule has 1 aliphatic rings. The number of hydrogen-bond acceptors (Lipinski definition) is 2. The second-order valence-electron chi connectivity index (χ2n) is 2.91. The molecule has 0 aromatic heterocycles. The lowest BCUT2D eigenvalue weighted by atomic mass is 10.2. The predicted octanol–water partition coefficient (Wildman–Crippen LogP) is 1.10. The van der Waals surface area contributed by atoms with Crippen molar-refractivity contribution in [1.82, 2.24) is 4.90 Å². The van der Waals surface area contributed by atoms with Crippen molar-refractivity contribution in [3.8, 4) is 0 Å². The van der Waals surface area contributed by atoms with E-state index in [9.17, 15) is 9.59 Å². The third kappa shape index (κ3) is 2.19. The zero-order valence-corrected chi connectivity index (χ0v) is 7.25. The highest BCUT2D eigenvalue weighted by Gasteiger charge is 2.15. The molecule has 0 radical (unpaired) electrons. The molecular weight excluding hydrogens is 154 g/mol. The molecule has 66 valence electrons. The monoisotopic (exact) mass is 167 g/mol. The molecule has 12 heavy (non-hydrogen) atoms. The lowest BCUT2D eigenvalue weighted by molar-refractivity contribution is -0.140. The molecule has 0 bridgehead atoms. The Morgan fingerprint density at radius 2 is 2.25 bits per heavy atom. The molecule has 0 unspecified atom stereocenters. The Bertz CT molecular complexity index is 221. The first kappa shape index (κ1) is 8.97. The van der Waals surface area contributed by atoms with E-state index < -0.39 is 0 Å². The van der Waals surface area contributed by atoms with Crippen molar-refractivity contribution in [2.45, 2.75) is 26.2 Å². The predicted molar refractivity (Wildman–Crippen MR) is 45.4 cm³/mol. The Kier molecular flexibility index (Phi) is 3.02. The standard InChI is InChI=1S/C9H13NO2/c1-8(11)10-7-5-3-2-4-6-9(10)12/h4,6H,2-3,5,7H2,1H3. The molecule has 1 rings (SSSR count). The van der Waals surface area contributed by atoms with Crippen LogP contribution in [-0.2, 0) is 9.59 Å². The molecule has 1 aliphatic heterocycles. The van der Waals surface area contributed by atoms with Crippen LogP contribution in [-0.4, -0.2) is 23.3 Å². The molecule has 0 aromatic rings. The summed E-state index contributed by atoms with van der Waals surface area (Å²) in [6.07, 6.45) is 6.22. The van der Waals surface area contributed by atoms with Gasteiger partial charge in [0, 0.05) is 13.5 Å². The molecule has 3 nitrogen and oxygen atoms in total. The fraction of sp³-hybridized carbons (Fsp3) is 0.556. The summed E-state index contributed by atoms with van der Waals surface area (Å²) in [6, 6.07) is 0. The summed E-state index contributed by atoms with van der Waals surface area (Å²) in [5, 5.41) is 0. The molecule has 0 aromatic carbocycles. The average Bonchev–Trinajstić information content (AvgIpc) is 1.96. The third-order valence-corrected chi connectivity index (χ3v) is 1.91. The molecule has 0 aliphatic carbocycles. The minimum Gasteiger partial charge on any atom is -0.279 e. The number of rotatable bonds is 0. The summed E-state index contributed by atoms with van der Waals surface area (Å²) in [7, 11) is 0. The van der Waals surface area contributed by atoms with Crippen LogP contribution in [0.25, 0.3) is 0 Å². The van der Waals surface area contributed by atoms with E-state index in [4.69, 9.17) is 0 Å². The van der Waals surface area contributed by atoms with E-state index in [1.165, 1.54) is 17.9 Å². The maximum Gasteiger partial charge on any atom is 0.252 e. The van der Waals surface area contributed by atoms with Crippen molar-refractivity contribution >= 4 is 11.8 Å². The molecule has 0 saturated carbocycles. The van der Waals surface area contributed by atoms with Crippen LogP contribution in [0.3, 0.4) is 0 Å². The Labute approximate surface area is 72.0 Å². The second-order valence-corrected chi connectivity index (χ2v) is 2.91. The van der Waals surface area contributed by atoms with E-state index in [2.05, 4.69) is 0 Å². The highest BCUT2D eigenvalue weighted by atomic mass is 16.2. The van der Waals surface area contributed by atoms with Crippen molar-refractivity contribution in [1.29, 1.82) is 0 Å². The first-order valence-electron chi connectivity index (χ1n) is 4.20. The lowest BCUT2D eigenvalue weighted by Gasteiger charge is -2.18. The number of nitrogens with zero attached hydrogens (tertiary/aromatic N) is 1. The van der Waals surface area contributed by atoms with Gasteiger partial charge in [-0.2, -0.15) is 0 Å². The summed E-state index contributed by atoms with van der Waals surface area (Å²) in [6.45, 7) is 1.99. The largest absolute Gasteiger partial charge is 0.279 e. The number of carbonyl (C=O) groups is 2. The highest BCUT2D eigenvalue weighted by Crippen LogP contribution is 2.05. The maximum absolute atomic E-state index is 11.2. The van der Waals surface area contributed by atoms with Crippen LogP contribution >= 0.6 is 0 Å². The van der Waals surface area contributed by atoms with Gasteiger partial charge in [-0.25, -0.2) is 0 Å². The zero-order chi connectivity index (χ0) is 8.97. The van der Waals surface area contributed by atoms with E-state index in [0.29, 0.717) is 6.54 Å². The van der Waals surface area contributed by atoms with Gasteiger partial charge in [0.25, 0.3) is 5.91 Å². The number of imide groups is 1. The molecule has 3 heteroatoms. The van der Waals surface area contributed by atoms with Gasteiger partial charge >= 0.3 is 0 Å². The van der Waals surface area contributed by atoms with Crippen molar-refractivity contribution in [2.24, 2.45) is 0 Å². The van der Waals surface area contributed by atoms with Gasteiger partial charge in [0.15, 0.2) is 0 Å². The summed E-state index contributed by atoms with van der Waals surface area (Å²) in [4.78, 5) is 23.5. The fourth-order valence-electron chi connectivity index (χ4n) is 1.23. The van der Waals surface area contributed by atoms with Crippen molar-refractivity contribution in [2.75, 3.05) is 6.54 Å². The van der Waals surface area contributed by atoms with Gasteiger partial charge in [0.1, 0.15) is 0 Å². The molecule has 1 heterocycles. The van der Waals surface area contributed by atoms with Crippen LogP contribution in [0, 0.1) is 0 Å². The highest BCUT2D eigenvalue weighted by molar-refractivity contribution is 6.00. The first-order valence-corrected chi connectivity index (χ1v) is 4.20. The molecular formula is C9H13NO2. The third-order valence-electron chi connectivity index (χ3n) is 1.91. The summed E-state index contributed by atoms with van der Waals surface area (Å²) in [5.74, 6) is -0.339. The van der Waals surface area contributed by atoms with Crippen molar-refractivity contribution in [3.63, 3.8) is 0 Å². The minimum atomic E-state index is -0.179. The molecule has 0 N–H and O–H groups in total. The topological polar surface area (TPSA) is 37.4 Å². The van der Waals surface area contributed by atoms with Crippen LogP contribution in [0.5, 0.6) is 0 Å². The van der Waals surface area contributed by atoms with E-state index in [1.54, 1.807) is 0 Å². The Balaban J connectivity index is 2.69. The molecule has 0 atom stereocenters. The Morgan fingerprint density at radius 3 is 2.92 bits per heavy atom. The van der Waals surface area contributed by atoms with Crippen LogP contribution in [0.15, 0.2) is 12.2 Å². The lowest BCUT2D eigenvalue weighted by Crippen LogP contribution is -2.35. The zero-order valence-electron chi connectivity index (χ0n) is 7.25. The van der Waals surface area contributed by atoms with Gasteiger partial charge in [-0.1, -0.05) is 6.08 Å². The van der Waals surface area contributed by atoms with Crippen molar-refractivity contribution in [3.05, 3.63) is 12.2 Å². The van der Waals surface area contributed by atoms with Crippen LogP contribution < -0.4 is 0 Å². The van der Waals surface area contributed by atoms with Crippen LogP contribution in [0.1, 0.15) is 26.2 Å². The molecule has 0 saturated heterocycles. The number of carbonyl (C=O) groups excluding carboxylic acids is 2. The second kappa shape index (κ2) is 4.04. The number of allylic oxidation sites excluding steroid dienone is 1. The van der Waals surface area contributed by atoms with E-state index >= 15 is 0 Å². The van der Waals surface area contributed by atoms with Gasteiger partial charge in [-0.05, 0) is 25.3 Å². The molecule has 2 amide bonds. The molecule has 0 spiro atoms. The van der Waals surface area contributed by atoms with Crippen LogP contribution in [0.2, 0.25) is 0 Å². The van der Waals surface area contributed by atoms with Gasteiger partial charge in [0.2, 0.25) is 5.91 Å². The normalized spacial score (nSPS) is 18.8. The van der Waals surface area contributed by atoms with Gasteiger partial charge in [0.05, 0.1) is 0 Å². The quantitative estimate of drug-likeness (QED) is 0.541. The number of hydrogen-bond donors (Lipinski definition) is 0. The SMILES string of the molecule is CC(=O)N1CCCCC=CC1=O. The molecule has 0 fully saturated rings. The summed E-state index contributed by atoms with van der Waals surface area (Å²) >= 11 is 0. The van der Waals surface area contributed by atoms with Crippen LogP contribution in [0.4, 0.5) is 0 Å². The van der Waals surface area contributed by atoms with Crippen molar-refractivity contribution < 1.29 is 9.59 Å². The van der Waals surface area contributed by atoms with Gasteiger partial charge in [-0.15, -0.1) is 0 Å².